The largest absolute Gasteiger partial charge is 0.444 e. The highest BCUT2D eigenvalue weighted by Crippen LogP contribution is 2.37. The van der Waals surface area contributed by atoms with Gasteiger partial charge in [0, 0.05) is 29.9 Å². The van der Waals surface area contributed by atoms with Crippen LogP contribution in [0.2, 0.25) is 0 Å². The number of benzene rings is 1. The molecule has 1 aliphatic rings. The van der Waals surface area contributed by atoms with E-state index in [4.69, 9.17) is 9.47 Å². The van der Waals surface area contributed by atoms with Crippen molar-refractivity contribution in [2.75, 3.05) is 24.1 Å². The lowest BCUT2D eigenvalue weighted by Gasteiger charge is -2.37. The second-order valence-corrected chi connectivity index (χ2v) is 11.9. The van der Waals surface area contributed by atoms with Crippen molar-refractivity contribution >= 4 is 34.5 Å². The maximum atomic E-state index is 13.1. The van der Waals surface area contributed by atoms with Crippen molar-refractivity contribution < 1.29 is 24.2 Å². The summed E-state index contributed by atoms with van der Waals surface area (Å²) >= 11 is 2.30. The normalized spacial score (nSPS) is 21.1. The van der Waals surface area contributed by atoms with Crippen LogP contribution in [0.4, 0.5) is 4.79 Å². The minimum Gasteiger partial charge on any atom is -0.444 e. The van der Waals surface area contributed by atoms with Gasteiger partial charge in [-0.15, -0.1) is 6.58 Å². The molecule has 202 valence electrons. The molecule has 7 heteroatoms. The van der Waals surface area contributed by atoms with E-state index >= 15 is 0 Å². The minimum absolute atomic E-state index is 0.0602. The third-order valence-electron chi connectivity index (χ3n) is 6.50. The molecule has 0 saturated heterocycles. The average molecular weight is 614 g/mol. The Morgan fingerprint density at radius 1 is 1.25 bits per heavy atom. The van der Waals surface area contributed by atoms with Crippen LogP contribution in [0.15, 0.2) is 43.0 Å². The van der Waals surface area contributed by atoms with E-state index < -0.39 is 17.6 Å². The van der Waals surface area contributed by atoms with Crippen molar-refractivity contribution in [3.63, 3.8) is 0 Å². The number of amides is 1. The Morgan fingerprint density at radius 3 is 2.58 bits per heavy atom. The third kappa shape index (κ3) is 10.9. The summed E-state index contributed by atoms with van der Waals surface area (Å²) in [4.78, 5) is 27.5. The van der Waals surface area contributed by atoms with Crippen molar-refractivity contribution in [3.05, 3.63) is 48.6 Å². The molecule has 0 aliphatic heterocycles. The molecule has 0 bridgehead atoms. The molecule has 0 radical (unpaired) electrons. The standard InChI is InChI=1S/C29H44INO5/c1-5-11-24-18-23(21-35-20-22-12-7-6-8-13-22)19-26(33)27(24)25(32)14-9-16-31(17-10-15-30)28(34)36-29(2,3)4/h5-8,12-13,23-25,27,32H,1,9-11,14-21H2,2-4H3/t23-,24-,25?,27-/m1/s1. The first-order chi connectivity index (χ1) is 17.1. The number of ketones is 1. The highest BCUT2D eigenvalue weighted by atomic mass is 127. The van der Waals surface area contributed by atoms with E-state index in [-0.39, 0.29) is 23.7 Å². The van der Waals surface area contributed by atoms with Crippen LogP contribution >= 0.6 is 22.6 Å². The summed E-state index contributed by atoms with van der Waals surface area (Å²) in [6, 6.07) is 10.0. The summed E-state index contributed by atoms with van der Waals surface area (Å²) < 4.78 is 12.4. The maximum absolute atomic E-state index is 13.1. The monoisotopic (exact) mass is 613 g/mol. The van der Waals surface area contributed by atoms with E-state index in [1.807, 2.05) is 57.2 Å². The van der Waals surface area contributed by atoms with Crippen molar-refractivity contribution in [1.29, 1.82) is 0 Å². The smallest absolute Gasteiger partial charge is 0.410 e. The molecular weight excluding hydrogens is 569 g/mol. The number of Topliss-reactive ketones (excluding diaryl/α,β-unsaturated/α-hetero) is 1. The van der Waals surface area contributed by atoms with Crippen LogP contribution in [0, 0.1) is 17.8 Å². The summed E-state index contributed by atoms with van der Waals surface area (Å²) in [6.07, 6.45) is 4.76. The van der Waals surface area contributed by atoms with Gasteiger partial charge in [-0.3, -0.25) is 4.79 Å². The molecule has 1 saturated carbocycles. The van der Waals surface area contributed by atoms with Crippen LogP contribution in [-0.4, -0.2) is 57.7 Å². The molecule has 1 aromatic rings. The number of nitrogens with zero attached hydrogens (tertiary/aromatic N) is 1. The van der Waals surface area contributed by atoms with Crippen LogP contribution in [0.5, 0.6) is 0 Å². The van der Waals surface area contributed by atoms with Crippen molar-refractivity contribution in [2.24, 2.45) is 17.8 Å². The lowest BCUT2D eigenvalue weighted by molar-refractivity contribution is -0.135. The maximum Gasteiger partial charge on any atom is 0.410 e. The first-order valence-corrected chi connectivity index (χ1v) is 14.6. The summed E-state index contributed by atoms with van der Waals surface area (Å²) in [6.45, 7) is 11.7. The number of halogens is 1. The SMILES string of the molecule is C=CC[C@@H]1C[C@@H](COCc2ccccc2)CC(=O)[C@H]1C(O)CCCN(CCCI)C(=O)OC(C)(C)C. The molecular formula is C29H44INO5. The third-order valence-corrected chi connectivity index (χ3v) is 7.26. The molecule has 4 atom stereocenters. The molecule has 0 aromatic heterocycles. The molecule has 1 amide bonds. The predicted octanol–water partition coefficient (Wildman–Crippen LogP) is 6.19. The van der Waals surface area contributed by atoms with Crippen LogP contribution in [0.3, 0.4) is 0 Å². The summed E-state index contributed by atoms with van der Waals surface area (Å²) in [7, 11) is 0. The van der Waals surface area contributed by atoms with E-state index in [0.29, 0.717) is 52.0 Å². The van der Waals surface area contributed by atoms with Gasteiger partial charge in [0.05, 0.1) is 19.3 Å². The second kappa shape index (κ2) is 15.7. The van der Waals surface area contributed by atoms with Crippen LogP contribution in [0.1, 0.15) is 64.9 Å². The van der Waals surface area contributed by atoms with Crippen LogP contribution in [0.25, 0.3) is 0 Å². The number of rotatable bonds is 14. The molecule has 1 N–H and O–H groups in total. The van der Waals surface area contributed by atoms with Gasteiger partial charge in [-0.2, -0.15) is 0 Å². The van der Waals surface area contributed by atoms with Gasteiger partial charge < -0.3 is 19.5 Å². The Kier molecular flexibility index (Phi) is 13.4. The number of ether oxygens (including phenoxy) is 2. The second-order valence-electron chi connectivity index (χ2n) is 10.8. The minimum atomic E-state index is -0.723. The Labute approximate surface area is 230 Å². The Hall–Kier alpha value is -1.45. The number of aliphatic hydroxyl groups excluding tert-OH is 1. The molecule has 0 spiro atoms. The van der Waals surface area contributed by atoms with Gasteiger partial charge in [-0.05, 0) is 70.3 Å². The number of hydrogen-bond acceptors (Lipinski definition) is 5. The van der Waals surface area contributed by atoms with E-state index in [1.54, 1.807) is 4.90 Å². The van der Waals surface area contributed by atoms with E-state index in [0.717, 1.165) is 22.8 Å². The van der Waals surface area contributed by atoms with Gasteiger partial charge in [0.15, 0.2) is 0 Å². The van der Waals surface area contributed by atoms with E-state index in [1.165, 1.54) is 0 Å². The van der Waals surface area contributed by atoms with Crippen LogP contribution in [-0.2, 0) is 20.9 Å². The Morgan fingerprint density at radius 2 is 1.94 bits per heavy atom. The number of carbonyl (C=O) groups excluding carboxylic acids is 2. The van der Waals surface area contributed by atoms with Crippen molar-refractivity contribution in [1.82, 2.24) is 4.90 Å². The Balaban J connectivity index is 1.89. The summed E-state index contributed by atoms with van der Waals surface area (Å²) in [5.74, 6) is -0.0591. The number of hydrogen-bond donors (Lipinski definition) is 1. The molecule has 1 fully saturated rings. The van der Waals surface area contributed by atoms with Gasteiger partial charge in [0.1, 0.15) is 11.4 Å². The van der Waals surface area contributed by atoms with E-state index in [2.05, 4.69) is 29.2 Å². The number of carbonyl (C=O) groups is 2. The van der Waals surface area contributed by atoms with Gasteiger partial charge in [0.25, 0.3) is 0 Å². The fourth-order valence-corrected chi connectivity index (χ4v) is 5.26. The van der Waals surface area contributed by atoms with Crippen molar-refractivity contribution in [2.45, 2.75) is 77.6 Å². The molecule has 1 aliphatic carbocycles. The highest BCUT2D eigenvalue weighted by Gasteiger charge is 2.40. The van der Waals surface area contributed by atoms with E-state index in [9.17, 15) is 14.7 Å². The number of allylic oxidation sites excluding steroid dienone is 1. The molecule has 0 heterocycles. The van der Waals surface area contributed by atoms with Crippen molar-refractivity contribution in [3.8, 4) is 0 Å². The molecule has 1 aromatic carbocycles. The fraction of sp³-hybridized carbons (Fsp3) is 0.655. The zero-order valence-corrected chi connectivity index (χ0v) is 24.3. The lowest BCUT2D eigenvalue weighted by Crippen LogP contribution is -2.42. The molecule has 1 unspecified atom stereocenters. The average Bonchev–Trinajstić information content (AvgIpc) is 2.80. The van der Waals surface area contributed by atoms with Crippen LogP contribution < -0.4 is 0 Å². The zero-order chi connectivity index (χ0) is 26.6. The van der Waals surface area contributed by atoms with Gasteiger partial charge in [-0.25, -0.2) is 4.79 Å². The number of alkyl halides is 1. The topological polar surface area (TPSA) is 76.1 Å². The zero-order valence-electron chi connectivity index (χ0n) is 22.2. The number of aliphatic hydroxyl groups is 1. The fourth-order valence-electron chi connectivity index (χ4n) is 4.91. The molecule has 2 rings (SSSR count). The first kappa shape index (κ1) is 30.8. The van der Waals surface area contributed by atoms with Gasteiger partial charge >= 0.3 is 6.09 Å². The quantitative estimate of drug-likeness (QED) is 0.154. The Bertz CT molecular complexity index is 810. The summed E-state index contributed by atoms with van der Waals surface area (Å²) in [5.41, 5.74) is 0.571. The first-order valence-electron chi connectivity index (χ1n) is 13.1. The van der Waals surface area contributed by atoms with Gasteiger partial charge in [-0.1, -0.05) is 59.0 Å². The highest BCUT2D eigenvalue weighted by molar-refractivity contribution is 14.1. The molecule has 36 heavy (non-hydrogen) atoms. The van der Waals surface area contributed by atoms with Gasteiger partial charge in [0.2, 0.25) is 0 Å². The predicted molar refractivity (Wildman–Crippen MR) is 152 cm³/mol. The lowest BCUT2D eigenvalue weighted by atomic mass is 9.69. The molecule has 6 nitrogen and oxygen atoms in total. The summed E-state index contributed by atoms with van der Waals surface area (Å²) in [5, 5.41) is 11.0.